The van der Waals surface area contributed by atoms with Crippen molar-refractivity contribution in [1.82, 2.24) is 4.90 Å². The summed E-state index contributed by atoms with van der Waals surface area (Å²) in [5.74, 6) is -1.12. The number of carboxylic acids is 1. The van der Waals surface area contributed by atoms with Crippen molar-refractivity contribution in [3.63, 3.8) is 0 Å². The predicted octanol–water partition coefficient (Wildman–Crippen LogP) is 3.35. The van der Waals surface area contributed by atoms with Gasteiger partial charge >= 0.3 is 12.1 Å². The van der Waals surface area contributed by atoms with Crippen LogP contribution in [0.3, 0.4) is 0 Å². The summed E-state index contributed by atoms with van der Waals surface area (Å²) >= 11 is 0. The number of likely N-dealkylation sites (tertiary alicyclic amines) is 1. The van der Waals surface area contributed by atoms with E-state index < -0.39 is 17.7 Å². The zero-order valence-corrected chi connectivity index (χ0v) is 13.2. The molecule has 7 heteroatoms. The van der Waals surface area contributed by atoms with Gasteiger partial charge in [-0.05, 0) is 36.8 Å². The summed E-state index contributed by atoms with van der Waals surface area (Å²) in [6.07, 6.45) is -2.65. The zero-order chi connectivity index (χ0) is 17.7. The van der Waals surface area contributed by atoms with Gasteiger partial charge in [-0.2, -0.15) is 13.2 Å². The molecular weight excluding hydrogens is 323 g/mol. The number of amides is 1. The third kappa shape index (κ3) is 4.97. The Morgan fingerprint density at radius 3 is 2.62 bits per heavy atom. The number of aliphatic carboxylic acids is 1. The number of benzene rings is 1. The number of hydrogen-bond acceptors (Lipinski definition) is 2. The Balaban J connectivity index is 2.01. The molecule has 2 rings (SSSR count). The highest BCUT2D eigenvalue weighted by atomic mass is 19.4. The van der Waals surface area contributed by atoms with Gasteiger partial charge in [-0.25, -0.2) is 0 Å². The molecule has 1 aliphatic rings. The van der Waals surface area contributed by atoms with E-state index in [4.69, 9.17) is 5.11 Å². The Hall–Kier alpha value is -2.05. The minimum absolute atomic E-state index is 0.0253. The largest absolute Gasteiger partial charge is 0.481 e. The van der Waals surface area contributed by atoms with Crippen LogP contribution in [0.4, 0.5) is 13.2 Å². The molecule has 4 nitrogen and oxygen atoms in total. The fourth-order valence-electron chi connectivity index (χ4n) is 3.08. The van der Waals surface area contributed by atoms with E-state index >= 15 is 0 Å². The lowest BCUT2D eigenvalue weighted by molar-refractivity contribution is -0.139. The van der Waals surface area contributed by atoms with Crippen molar-refractivity contribution in [2.45, 2.75) is 38.3 Å². The fraction of sp³-hybridized carbons (Fsp3) is 0.529. The zero-order valence-electron chi connectivity index (χ0n) is 13.2. The number of piperidine rings is 1. The van der Waals surface area contributed by atoms with Crippen molar-refractivity contribution in [2.24, 2.45) is 5.92 Å². The van der Waals surface area contributed by atoms with Gasteiger partial charge < -0.3 is 10.0 Å². The Labute approximate surface area is 138 Å². The molecule has 1 aromatic carbocycles. The monoisotopic (exact) mass is 343 g/mol. The molecule has 0 unspecified atom stereocenters. The average Bonchev–Trinajstić information content (AvgIpc) is 2.52. The molecule has 1 atom stereocenters. The Bertz CT molecular complexity index is 601. The van der Waals surface area contributed by atoms with Crippen LogP contribution in [0.15, 0.2) is 24.3 Å². The molecule has 1 amide bonds. The molecule has 0 aliphatic carbocycles. The van der Waals surface area contributed by atoms with Crippen molar-refractivity contribution in [3.05, 3.63) is 35.4 Å². The number of rotatable bonds is 5. The molecule has 0 saturated carbocycles. The maximum atomic E-state index is 13.0. The summed E-state index contributed by atoms with van der Waals surface area (Å²) in [7, 11) is 0. The van der Waals surface area contributed by atoms with E-state index in [2.05, 4.69) is 0 Å². The molecular formula is C17H20F3NO3. The fourth-order valence-corrected chi connectivity index (χ4v) is 3.08. The summed E-state index contributed by atoms with van der Waals surface area (Å²) in [5, 5.41) is 8.73. The van der Waals surface area contributed by atoms with E-state index in [1.165, 1.54) is 18.2 Å². The van der Waals surface area contributed by atoms with E-state index in [-0.39, 0.29) is 30.2 Å². The maximum Gasteiger partial charge on any atom is 0.416 e. The lowest BCUT2D eigenvalue weighted by Crippen LogP contribution is -2.41. The normalized spacial score (nSPS) is 18.5. The molecule has 24 heavy (non-hydrogen) atoms. The quantitative estimate of drug-likeness (QED) is 0.892. The SMILES string of the molecule is O=C(O)CC[C@H]1CCCN(C(=O)Cc2ccccc2C(F)(F)F)C1. The molecule has 1 aromatic rings. The summed E-state index contributed by atoms with van der Waals surface area (Å²) in [6, 6.07) is 5.10. The lowest BCUT2D eigenvalue weighted by atomic mass is 9.93. The van der Waals surface area contributed by atoms with Gasteiger partial charge in [0.1, 0.15) is 0 Å². The van der Waals surface area contributed by atoms with E-state index in [1.807, 2.05) is 0 Å². The molecule has 1 aliphatic heterocycles. The molecule has 1 N–H and O–H groups in total. The summed E-state index contributed by atoms with van der Waals surface area (Å²) < 4.78 is 39.0. The number of halogens is 3. The van der Waals surface area contributed by atoms with E-state index in [0.717, 1.165) is 18.9 Å². The van der Waals surface area contributed by atoms with Crippen molar-refractivity contribution < 1.29 is 27.9 Å². The summed E-state index contributed by atoms with van der Waals surface area (Å²) in [6.45, 7) is 0.927. The summed E-state index contributed by atoms with van der Waals surface area (Å²) in [5.41, 5.74) is -0.805. The second-order valence-electron chi connectivity index (χ2n) is 6.11. The molecule has 0 radical (unpaired) electrons. The minimum atomic E-state index is -4.48. The smallest absolute Gasteiger partial charge is 0.416 e. The van der Waals surface area contributed by atoms with Crippen LogP contribution in [0.1, 0.15) is 36.8 Å². The second kappa shape index (κ2) is 7.68. The van der Waals surface area contributed by atoms with Crippen LogP contribution >= 0.6 is 0 Å². The van der Waals surface area contributed by atoms with Crippen molar-refractivity contribution in [3.8, 4) is 0 Å². The molecule has 0 aromatic heterocycles. The van der Waals surface area contributed by atoms with Gasteiger partial charge in [0.15, 0.2) is 0 Å². The van der Waals surface area contributed by atoms with Gasteiger partial charge in [0.2, 0.25) is 5.91 Å². The first-order valence-electron chi connectivity index (χ1n) is 7.92. The number of hydrogen-bond donors (Lipinski definition) is 1. The number of carbonyl (C=O) groups is 2. The Kier molecular flexibility index (Phi) is 5.85. The van der Waals surface area contributed by atoms with Gasteiger partial charge in [0.25, 0.3) is 0 Å². The van der Waals surface area contributed by atoms with Crippen LogP contribution in [0.25, 0.3) is 0 Å². The van der Waals surface area contributed by atoms with Crippen LogP contribution in [0, 0.1) is 5.92 Å². The third-order valence-corrected chi connectivity index (χ3v) is 4.30. The van der Waals surface area contributed by atoms with Gasteiger partial charge in [-0.3, -0.25) is 9.59 Å². The Morgan fingerprint density at radius 1 is 1.25 bits per heavy atom. The van der Waals surface area contributed by atoms with Gasteiger partial charge in [-0.1, -0.05) is 18.2 Å². The van der Waals surface area contributed by atoms with Gasteiger partial charge in [0, 0.05) is 19.5 Å². The first-order valence-corrected chi connectivity index (χ1v) is 7.92. The van der Waals surface area contributed by atoms with Crippen molar-refractivity contribution in [1.29, 1.82) is 0 Å². The van der Waals surface area contributed by atoms with Crippen molar-refractivity contribution in [2.75, 3.05) is 13.1 Å². The van der Waals surface area contributed by atoms with Gasteiger partial charge in [0.05, 0.1) is 12.0 Å². The van der Waals surface area contributed by atoms with Gasteiger partial charge in [-0.15, -0.1) is 0 Å². The third-order valence-electron chi connectivity index (χ3n) is 4.30. The topological polar surface area (TPSA) is 57.6 Å². The minimum Gasteiger partial charge on any atom is -0.481 e. The standard InChI is InChI=1S/C17H20F3NO3/c18-17(19,20)14-6-2-1-5-13(14)10-15(22)21-9-3-4-12(11-21)7-8-16(23)24/h1-2,5-6,12H,3-4,7-11H2,(H,23,24)/t12-/m1/s1. The number of alkyl halides is 3. The highest BCUT2D eigenvalue weighted by molar-refractivity contribution is 5.79. The predicted molar refractivity (Wildman–Crippen MR) is 81.3 cm³/mol. The number of carboxylic acid groups (broad SMARTS) is 1. The summed E-state index contributed by atoms with van der Waals surface area (Å²) in [4.78, 5) is 24.6. The average molecular weight is 343 g/mol. The number of nitrogens with zero attached hydrogens (tertiary/aromatic N) is 1. The molecule has 0 spiro atoms. The molecule has 1 saturated heterocycles. The number of carbonyl (C=O) groups excluding carboxylic acids is 1. The first kappa shape index (κ1) is 18.3. The van der Waals surface area contributed by atoms with Crippen LogP contribution in [-0.2, 0) is 22.2 Å². The molecule has 132 valence electrons. The van der Waals surface area contributed by atoms with E-state index in [0.29, 0.717) is 19.5 Å². The second-order valence-corrected chi connectivity index (χ2v) is 6.11. The van der Waals surface area contributed by atoms with Crippen LogP contribution in [0.2, 0.25) is 0 Å². The van der Waals surface area contributed by atoms with Crippen LogP contribution in [0.5, 0.6) is 0 Å². The first-order chi connectivity index (χ1) is 11.3. The van der Waals surface area contributed by atoms with Crippen LogP contribution in [-0.4, -0.2) is 35.0 Å². The van der Waals surface area contributed by atoms with E-state index in [9.17, 15) is 22.8 Å². The molecule has 1 heterocycles. The maximum absolute atomic E-state index is 13.0. The van der Waals surface area contributed by atoms with Crippen molar-refractivity contribution >= 4 is 11.9 Å². The molecule has 0 bridgehead atoms. The lowest BCUT2D eigenvalue weighted by Gasteiger charge is -2.33. The highest BCUT2D eigenvalue weighted by Gasteiger charge is 2.34. The molecule has 1 fully saturated rings. The van der Waals surface area contributed by atoms with E-state index in [1.54, 1.807) is 4.90 Å². The van der Waals surface area contributed by atoms with Crippen LogP contribution < -0.4 is 0 Å². The highest BCUT2D eigenvalue weighted by Crippen LogP contribution is 2.32. The Morgan fingerprint density at radius 2 is 1.96 bits per heavy atom.